The van der Waals surface area contributed by atoms with Crippen LogP contribution >= 0.6 is 35.3 Å². The molecule has 2 N–H and O–H groups in total. The summed E-state index contributed by atoms with van der Waals surface area (Å²) in [7, 11) is 3.57. The smallest absolute Gasteiger partial charge is 0.191 e. The Labute approximate surface area is 177 Å². The Morgan fingerprint density at radius 1 is 1.27 bits per heavy atom. The number of guanidine groups is 1. The highest BCUT2D eigenvalue weighted by atomic mass is 127. The number of nitrogens with zero attached hydrogens (tertiary/aromatic N) is 1. The maximum atomic E-state index is 5.55. The Kier molecular flexibility index (Phi) is 7.76. The van der Waals surface area contributed by atoms with Gasteiger partial charge >= 0.3 is 0 Å². The van der Waals surface area contributed by atoms with E-state index in [0.29, 0.717) is 5.92 Å². The average Bonchev–Trinajstić information content (AvgIpc) is 3.23. The van der Waals surface area contributed by atoms with Gasteiger partial charge in [-0.15, -0.1) is 24.0 Å². The van der Waals surface area contributed by atoms with E-state index in [4.69, 9.17) is 4.74 Å². The quantitative estimate of drug-likeness (QED) is 0.348. The first-order valence-corrected chi connectivity index (χ1v) is 9.73. The van der Waals surface area contributed by atoms with Crippen molar-refractivity contribution in [2.75, 3.05) is 27.2 Å². The lowest BCUT2D eigenvalue weighted by atomic mass is 9.95. The molecule has 3 rings (SSSR count). The van der Waals surface area contributed by atoms with Crippen molar-refractivity contribution in [2.45, 2.75) is 31.1 Å². The van der Waals surface area contributed by atoms with Gasteiger partial charge < -0.3 is 15.4 Å². The first-order valence-electron chi connectivity index (χ1n) is 8.78. The zero-order chi connectivity index (χ0) is 17.7. The number of benzene rings is 1. The number of nitrogens with one attached hydrogen (secondary N) is 2. The molecular weight excluding hydrogens is 457 g/mol. The monoisotopic (exact) mass is 485 g/mol. The second kappa shape index (κ2) is 9.60. The van der Waals surface area contributed by atoms with Crippen LogP contribution in [0.15, 0.2) is 46.1 Å². The Morgan fingerprint density at radius 2 is 2.04 bits per heavy atom. The maximum Gasteiger partial charge on any atom is 0.191 e. The fourth-order valence-electron chi connectivity index (χ4n) is 3.17. The Morgan fingerprint density at radius 3 is 2.65 bits per heavy atom. The number of ether oxygens (including phenoxy) is 1. The lowest BCUT2D eigenvalue weighted by molar-refractivity contribution is 0.403. The highest BCUT2D eigenvalue weighted by Gasteiger charge is 2.46. The predicted molar refractivity (Wildman–Crippen MR) is 121 cm³/mol. The summed E-state index contributed by atoms with van der Waals surface area (Å²) >= 11 is 1.75. The van der Waals surface area contributed by atoms with E-state index in [1.807, 2.05) is 19.2 Å². The zero-order valence-corrected chi connectivity index (χ0v) is 18.8. The number of halogens is 1. The van der Waals surface area contributed by atoms with E-state index < -0.39 is 0 Å². The van der Waals surface area contributed by atoms with E-state index >= 15 is 0 Å². The van der Waals surface area contributed by atoms with Crippen LogP contribution in [0.3, 0.4) is 0 Å². The van der Waals surface area contributed by atoms with Gasteiger partial charge in [0, 0.05) is 31.1 Å². The molecule has 2 aromatic rings. The van der Waals surface area contributed by atoms with Gasteiger partial charge in [-0.2, -0.15) is 11.3 Å². The number of hydrogen-bond donors (Lipinski definition) is 2. The summed E-state index contributed by atoms with van der Waals surface area (Å²) in [6, 6.07) is 10.5. The topological polar surface area (TPSA) is 45.7 Å². The van der Waals surface area contributed by atoms with Crippen molar-refractivity contribution in [3.8, 4) is 5.75 Å². The number of methoxy groups -OCH3 is 1. The third-order valence-corrected chi connectivity index (χ3v) is 5.74. The third-order valence-electron chi connectivity index (χ3n) is 5.04. The van der Waals surface area contributed by atoms with Crippen LogP contribution < -0.4 is 15.4 Å². The molecule has 1 atom stereocenters. The van der Waals surface area contributed by atoms with Crippen molar-refractivity contribution >= 4 is 41.3 Å². The largest absolute Gasteiger partial charge is 0.496 e. The maximum absolute atomic E-state index is 5.55. The number of hydrogen-bond acceptors (Lipinski definition) is 3. The molecule has 1 aliphatic carbocycles. The van der Waals surface area contributed by atoms with Crippen molar-refractivity contribution in [1.29, 1.82) is 0 Å². The van der Waals surface area contributed by atoms with Gasteiger partial charge in [0.25, 0.3) is 0 Å². The summed E-state index contributed by atoms with van der Waals surface area (Å²) in [5.41, 5.74) is 2.84. The van der Waals surface area contributed by atoms with Gasteiger partial charge in [-0.25, -0.2) is 0 Å². The van der Waals surface area contributed by atoms with Crippen molar-refractivity contribution in [2.24, 2.45) is 4.99 Å². The van der Waals surface area contributed by atoms with E-state index in [2.05, 4.69) is 51.5 Å². The van der Waals surface area contributed by atoms with Gasteiger partial charge in [-0.1, -0.05) is 25.1 Å². The minimum Gasteiger partial charge on any atom is -0.496 e. The second-order valence-electron chi connectivity index (χ2n) is 6.75. The summed E-state index contributed by atoms with van der Waals surface area (Å²) < 4.78 is 5.55. The van der Waals surface area contributed by atoms with E-state index in [-0.39, 0.29) is 29.4 Å². The van der Waals surface area contributed by atoms with Crippen molar-refractivity contribution < 1.29 is 4.74 Å². The van der Waals surface area contributed by atoms with E-state index in [0.717, 1.165) is 24.8 Å². The lowest BCUT2D eigenvalue weighted by Crippen LogP contribution is -2.42. The van der Waals surface area contributed by atoms with Crippen LogP contribution in [0.4, 0.5) is 0 Å². The summed E-state index contributed by atoms with van der Waals surface area (Å²) in [5, 5.41) is 11.3. The van der Waals surface area contributed by atoms with Gasteiger partial charge in [0.05, 0.1) is 7.11 Å². The summed E-state index contributed by atoms with van der Waals surface area (Å²) in [6.45, 7) is 3.98. The van der Waals surface area contributed by atoms with Crippen LogP contribution in [-0.2, 0) is 5.41 Å². The molecule has 0 radical (unpaired) electrons. The molecule has 0 amide bonds. The fourth-order valence-corrected chi connectivity index (χ4v) is 3.95. The Balaban J connectivity index is 0.00000243. The molecule has 1 heterocycles. The summed E-state index contributed by atoms with van der Waals surface area (Å²) in [5.74, 6) is 2.31. The highest BCUT2D eigenvalue weighted by molar-refractivity contribution is 14.0. The van der Waals surface area contributed by atoms with Gasteiger partial charge in [0.15, 0.2) is 5.96 Å². The molecular formula is C20H28IN3OS. The minimum atomic E-state index is 0. The van der Waals surface area contributed by atoms with Crippen LogP contribution in [0.5, 0.6) is 5.75 Å². The van der Waals surface area contributed by atoms with Crippen LogP contribution in [0.1, 0.15) is 36.8 Å². The molecule has 1 aromatic carbocycles. The summed E-state index contributed by atoms with van der Waals surface area (Å²) in [6.07, 6.45) is 2.37. The molecule has 0 saturated heterocycles. The van der Waals surface area contributed by atoms with E-state index in [1.165, 1.54) is 24.0 Å². The molecule has 142 valence electrons. The second-order valence-corrected chi connectivity index (χ2v) is 7.53. The molecule has 4 nitrogen and oxygen atoms in total. The Hall–Kier alpha value is -1.28. The van der Waals surface area contributed by atoms with Crippen LogP contribution in [0.25, 0.3) is 0 Å². The van der Waals surface area contributed by atoms with Crippen LogP contribution in [0.2, 0.25) is 0 Å². The molecule has 0 aliphatic heterocycles. The van der Waals surface area contributed by atoms with Gasteiger partial charge in [0.1, 0.15) is 5.75 Å². The number of rotatable bonds is 7. The van der Waals surface area contributed by atoms with Crippen molar-refractivity contribution in [1.82, 2.24) is 10.6 Å². The minimum absolute atomic E-state index is 0. The number of aliphatic imine (C=N–C) groups is 1. The SMILES string of the molecule is CN=C(NCC(C)c1ccsc1)NCC1(c2ccccc2OC)CC1.I. The number of thiophene rings is 1. The first-order chi connectivity index (χ1) is 12.2. The molecule has 1 aliphatic rings. The highest BCUT2D eigenvalue weighted by Crippen LogP contribution is 2.50. The fraction of sp³-hybridized carbons (Fsp3) is 0.450. The van der Waals surface area contributed by atoms with Crippen LogP contribution in [0, 0.1) is 0 Å². The third kappa shape index (κ3) is 4.91. The summed E-state index contributed by atoms with van der Waals surface area (Å²) in [4.78, 5) is 4.37. The van der Waals surface area contributed by atoms with Gasteiger partial charge in [0.2, 0.25) is 0 Å². The molecule has 1 unspecified atom stereocenters. The number of para-hydroxylation sites is 1. The molecule has 1 saturated carbocycles. The normalized spacial score (nSPS) is 16.3. The van der Waals surface area contributed by atoms with Gasteiger partial charge in [-0.05, 0) is 47.2 Å². The predicted octanol–water partition coefficient (Wildman–Crippen LogP) is 4.38. The van der Waals surface area contributed by atoms with Crippen LogP contribution in [-0.4, -0.2) is 33.2 Å². The molecule has 26 heavy (non-hydrogen) atoms. The molecule has 0 spiro atoms. The molecule has 0 bridgehead atoms. The Bertz CT molecular complexity index is 714. The van der Waals surface area contributed by atoms with Gasteiger partial charge in [-0.3, -0.25) is 4.99 Å². The van der Waals surface area contributed by atoms with Crippen molar-refractivity contribution in [3.63, 3.8) is 0 Å². The molecule has 6 heteroatoms. The lowest BCUT2D eigenvalue weighted by Gasteiger charge is -2.21. The van der Waals surface area contributed by atoms with E-state index in [9.17, 15) is 0 Å². The standard InChI is InChI=1S/C20H27N3OS.HI/c1-15(16-8-11-25-13-16)12-22-19(21-2)23-14-20(9-10-20)17-6-4-5-7-18(17)24-3;/h4-8,11,13,15H,9-10,12,14H2,1-3H3,(H2,21,22,23);1H. The first kappa shape index (κ1) is 21.0. The average molecular weight is 485 g/mol. The molecule has 1 fully saturated rings. The molecule has 1 aromatic heterocycles. The van der Waals surface area contributed by atoms with Crippen molar-refractivity contribution in [3.05, 3.63) is 52.2 Å². The zero-order valence-electron chi connectivity index (χ0n) is 15.6. The van der Waals surface area contributed by atoms with E-state index in [1.54, 1.807) is 18.4 Å².